The molecule has 6 unspecified atom stereocenters. The molecule has 0 bridgehead atoms. The Morgan fingerprint density at radius 1 is 0.786 bits per heavy atom. The van der Waals surface area contributed by atoms with Gasteiger partial charge in [-0.3, -0.25) is 0 Å². The largest absolute Gasteiger partial charge is 0.348 e. The van der Waals surface area contributed by atoms with Crippen LogP contribution in [-0.2, 0) is 6.42 Å². The summed E-state index contributed by atoms with van der Waals surface area (Å²) in [6, 6.07) is 30.5. The summed E-state index contributed by atoms with van der Waals surface area (Å²) in [7, 11) is 0. The first-order valence-electron chi connectivity index (χ1n) is 20.1. The highest BCUT2D eigenvalue weighted by atomic mass is 15.3. The number of hydrogen-bond acceptors (Lipinski definition) is 5. The van der Waals surface area contributed by atoms with Crippen molar-refractivity contribution in [3.05, 3.63) is 178 Å². The number of fused-ring (bicyclic) bond motifs is 5. The topological polar surface area (TPSA) is 91.6 Å². The van der Waals surface area contributed by atoms with Crippen LogP contribution in [-0.4, -0.2) is 15.5 Å². The Bertz CT molecular complexity index is 2640. The first-order valence-corrected chi connectivity index (χ1v) is 20.1. The van der Waals surface area contributed by atoms with Crippen LogP contribution in [0.25, 0.3) is 22.6 Å². The van der Waals surface area contributed by atoms with E-state index in [2.05, 4.69) is 130 Å². The van der Waals surface area contributed by atoms with Gasteiger partial charge in [0.1, 0.15) is 12.0 Å². The molecule has 0 saturated carbocycles. The van der Waals surface area contributed by atoms with Gasteiger partial charge in [-0.2, -0.15) is 15.8 Å². The summed E-state index contributed by atoms with van der Waals surface area (Å²) in [6.07, 6.45) is 29.6. The highest BCUT2D eigenvalue weighted by Gasteiger charge is 2.42. The van der Waals surface area contributed by atoms with E-state index in [1.165, 1.54) is 40.8 Å². The van der Waals surface area contributed by atoms with Gasteiger partial charge in [-0.15, -0.1) is 0 Å². The molecule has 2 aliphatic heterocycles. The summed E-state index contributed by atoms with van der Waals surface area (Å²) in [5.41, 5.74) is 12.5. The Morgan fingerprint density at radius 2 is 1.61 bits per heavy atom. The quantitative estimate of drug-likeness (QED) is 0.207. The van der Waals surface area contributed by atoms with Crippen molar-refractivity contribution in [2.75, 3.05) is 0 Å². The Hall–Kier alpha value is -6.55. The number of dihydropyridines is 1. The fraction of sp³-hybridized carbons (Fsp3) is 0.260. The van der Waals surface area contributed by atoms with E-state index in [-0.39, 0.29) is 30.0 Å². The third-order valence-corrected chi connectivity index (χ3v) is 12.9. The van der Waals surface area contributed by atoms with Gasteiger partial charge in [0.25, 0.3) is 0 Å². The molecule has 0 saturated heterocycles. The number of allylic oxidation sites excluding steroid dienone is 8. The zero-order valence-corrected chi connectivity index (χ0v) is 31.3. The highest BCUT2D eigenvalue weighted by molar-refractivity contribution is 5.91. The molecule has 10 rings (SSSR count). The minimum Gasteiger partial charge on any atom is -0.348 e. The molecule has 6 atom stereocenters. The molecule has 272 valence electrons. The first-order chi connectivity index (χ1) is 27.6. The van der Waals surface area contributed by atoms with Crippen LogP contribution in [0.4, 0.5) is 0 Å². The molecular weight excluding hydrogens is 685 g/mol. The fourth-order valence-corrected chi connectivity index (χ4v) is 10.4. The van der Waals surface area contributed by atoms with E-state index in [4.69, 9.17) is 0 Å². The molecule has 4 aliphatic carbocycles. The van der Waals surface area contributed by atoms with Gasteiger partial charge in [-0.05, 0) is 139 Å². The lowest BCUT2D eigenvalue weighted by molar-refractivity contribution is 0.311. The van der Waals surface area contributed by atoms with Crippen molar-refractivity contribution >= 4 is 22.6 Å². The van der Waals surface area contributed by atoms with Gasteiger partial charge in [-0.25, -0.2) is 0 Å². The summed E-state index contributed by atoms with van der Waals surface area (Å²) >= 11 is 0. The number of nitriles is 3. The summed E-state index contributed by atoms with van der Waals surface area (Å²) in [5.74, 6) is 1.74. The van der Waals surface area contributed by atoms with Gasteiger partial charge in [0.2, 0.25) is 0 Å². The molecule has 1 aromatic heterocycles. The molecule has 0 amide bonds. The molecular formula is C50H42N6. The zero-order chi connectivity index (χ0) is 37.8. The Labute approximate surface area is 328 Å². The van der Waals surface area contributed by atoms with Crippen LogP contribution in [0.2, 0.25) is 0 Å². The second-order valence-corrected chi connectivity index (χ2v) is 15.9. The lowest BCUT2D eigenvalue weighted by atomic mass is 9.73. The molecule has 0 radical (unpaired) electrons. The second-order valence-electron chi connectivity index (χ2n) is 15.9. The van der Waals surface area contributed by atoms with E-state index in [0.717, 1.165) is 53.7 Å². The Kier molecular flexibility index (Phi) is 8.46. The average molecular weight is 727 g/mol. The lowest BCUT2D eigenvalue weighted by Crippen LogP contribution is -2.41. The number of rotatable bonds is 5. The normalized spacial score (nSPS) is 26.0. The minimum atomic E-state index is -0.246. The first kappa shape index (κ1) is 34.0. The van der Waals surface area contributed by atoms with Crippen molar-refractivity contribution in [3.8, 4) is 18.2 Å². The standard InChI is InChI=1S/C50H42N6/c51-29-32-10-9-11-35(24-32)37-12-1-3-14-39(37)40-15-4-2-13-38(40)36-27-49(55-45-18-7-5-16-41(45)42-17-6-8-19-46(42)55)54-50(28-36)56-47-22-20-33(30-52)25-43(47)44-26-34(31-53)21-23-48(44)56/h1-5,7,9-11,13,15-16,18,20-25,27-28,34,37,39,41,45,50,54H,6,8,12,14,17,19,26H2. The van der Waals surface area contributed by atoms with Crippen molar-refractivity contribution < 1.29 is 0 Å². The molecule has 3 heterocycles. The molecule has 0 spiro atoms. The predicted octanol–water partition coefficient (Wildman–Crippen LogP) is 10.6. The molecule has 6 heteroatoms. The molecule has 1 N–H and O–H groups in total. The van der Waals surface area contributed by atoms with Crippen molar-refractivity contribution in [1.29, 1.82) is 15.8 Å². The maximum Gasteiger partial charge on any atom is 0.125 e. The van der Waals surface area contributed by atoms with Crippen LogP contribution >= 0.6 is 0 Å². The number of benzene rings is 3. The Balaban J connectivity index is 1.16. The van der Waals surface area contributed by atoms with E-state index >= 15 is 0 Å². The van der Waals surface area contributed by atoms with Gasteiger partial charge < -0.3 is 14.8 Å². The highest BCUT2D eigenvalue weighted by Crippen LogP contribution is 2.49. The van der Waals surface area contributed by atoms with E-state index in [1.54, 1.807) is 5.57 Å². The number of nitrogens with one attached hydrogen (secondary N) is 1. The number of nitrogens with zero attached hydrogens (tertiary/aromatic N) is 5. The third kappa shape index (κ3) is 5.58. The van der Waals surface area contributed by atoms with Crippen LogP contribution < -0.4 is 5.32 Å². The Morgan fingerprint density at radius 3 is 2.48 bits per heavy atom. The summed E-state index contributed by atoms with van der Waals surface area (Å²) in [6.45, 7) is 0. The molecule has 3 aromatic carbocycles. The maximum absolute atomic E-state index is 9.97. The van der Waals surface area contributed by atoms with Gasteiger partial charge in [0.05, 0.1) is 46.8 Å². The summed E-state index contributed by atoms with van der Waals surface area (Å²) in [4.78, 5) is 2.61. The number of aromatic nitrogens is 1. The van der Waals surface area contributed by atoms with Crippen molar-refractivity contribution in [2.24, 2.45) is 11.8 Å². The van der Waals surface area contributed by atoms with Gasteiger partial charge in [0, 0.05) is 22.7 Å². The zero-order valence-electron chi connectivity index (χ0n) is 31.3. The molecule has 56 heavy (non-hydrogen) atoms. The maximum atomic E-state index is 9.97. The van der Waals surface area contributed by atoms with Crippen molar-refractivity contribution in [2.45, 2.75) is 69.0 Å². The van der Waals surface area contributed by atoms with Crippen LogP contribution in [0.3, 0.4) is 0 Å². The van der Waals surface area contributed by atoms with Gasteiger partial charge in [0.15, 0.2) is 0 Å². The summed E-state index contributed by atoms with van der Waals surface area (Å²) in [5, 5.41) is 34.8. The molecule has 6 nitrogen and oxygen atoms in total. The second kappa shape index (κ2) is 13.9. The van der Waals surface area contributed by atoms with Gasteiger partial charge >= 0.3 is 0 Å². The van der Waals surface area contributed by atoms with Crippen LogP contribution in [0.1, 0.15) is 95.6 Å². The lowest BCUT2D eigenvalue weighted by Gasteiger charge is -2.38. The van der Waals surface area contributed by atoms with Crippen molar-refractivity contribution in [1.82, 2.24) is 14.8 Å². The van der Waals surface area contributed by atoms with Crippen molar-refractivity contribution in [3.63, 3.8) is 0 Å². The van der Waals surface area contributed by atoms with E-state index < -0.39 is 0 Å². The van der Waals surface area contributed by atoms with Crippen LogP contribution in [0.15, 0.2) is 139 Å². The molecule has 6 aliphatic rings. The van der Waals surface area contributed by atoms with E-state index in [1.807, 2.05) is 30.3 Å². The predicted molar refractivity (Wildman–Crippen MR) is 221 cm³/mol. The molecule has 4 aromatic rings. The van der Waals surface area contributed by atoms with Crippen LogP contribution in [0.5, 0.6) is 0 Å². The van der Waals surface area contributed by atoms with Crippen LogP contribution in [0, 0.1) is 45.8 Å². The van der Waals surface area contributed by atoms with Gasteiger partial charge in [-0.1, -0.05) is 78.9 Å². The SMILES string of the molecule is N#Cc1cccc(C2CC=CCC2c2ccccc2C2=CC(n3c4c(c5cc(C#N)ccc53)CC(C#N)C=C4)NC(N3C4=C(CCCC4)C4C=CC=CC43)=C2)c1. The van der Waals surface area contributed by atoms with E-state index in [9.17, 15) is 15.8 Å². The smallest absolute Gasteiger partial charge is 0.125 e. The third-order valence-electron chi connectivity index (χ3n) is 12.9. The monoisotopic (exact) mass is 726 g/mol. The fourth-order valence-electron chi connectivity index (χ4n) is 10.4. The summed E-state index contributed by atoms with van der Waals surface area (Å²) < 4.78 is 2.39. The number of hydrogen-bond donors (Lipinski definition) is 1. The average Bonchev–Trinajstić information content (AvgIpc) is 3.78. The van der Waals surface area contributed by atoms with E-state index in [0.29, 0.717) is 23.5 Å². The molecule has 0 fully saturated rings. The minimum absolute atomic E-state index is 0.210.